The monoisotopic (exact) mass is 420 g/mol. The molecule has 0 saturated heterocycles. The molecule has 6 nitrogen and oxygen atoms in total. The van der Waals surface area contributed by atoms with E-state index in [-0.39, 0.29) is 11.9 Å². The average Bonchev–Trinajstić information content (AvgIpc) is 3.27. The van der Waals surface area contributed by atoms with Crippen molar-refractivity contribution in [2.75, 3.05) is 27.3 Å². The lowest BCUT2D eigenvalue weighted by atomic mass is 9.87. The van der Waals surface area contributed by atoms with Crippen LogP contribution in [-0.2, 0) is 11.2 Å². The zero-order valence-electron chi connectivity index (χ0n) is 18.2. The van der Waals surface area contributed by atoms with Gasteiger partial charge in [0, 0.05) is 17.5 Å². The number of methoxy groups -OCH3 is 2. The fraction of sp³-hybridized carbons (Fsp3) is 0.440. The molecular formula is C25H30N3O3+. The van der Waals surface area contributed by atoms with Crippen molar-refractivity contribution in [3.63, 3.8) is 0 Å². The zero-order valence-corrected chi connectivity index (χ0v) is 18.2. The van der Waals surface area contributed by atoms with Crippen LogP contribution in [0.5, 0.6) is 11.5 Å². The molecule has 2 N–H and O–H groups in total. The summed E-state index contributed by atoms with van der Waals surface area (Å²) in [5, 5.41) is 12.7. The van der Waals surface area contributed by atoms with E-state index in [0.29, 0.717) is 12.3 Å². The van der Waals surface area contributed by atoms with Gasteiger partial charge in [0.05, 0.1) is 26.8 Å². The molecular weight excluding hydrogens is 390 g/mol. The van der Waals surface area contributed by atoms with Crippen LogP contribution in [0.3, 0.4) is 0 Å². The van der Waals surface area contributed by atoms with Crippen LogP contribution in [0.4, 0.5) is 0 Å². The number of nitriles is 1. The number of ether oxygens (including phenoxy) is 2. The number of nitrogens with one attached hydrogen (secondary N) is 2. The number of carbonyl (C=O) groups excluding carboxylic acids is 1. The van der Waals surface area contributed by atoms with E-state index in [2.05, 4.69) is 35.7 Å². The summed E-state index contributed by atoms with van der Waals surface area (Å²) in [5.41, 5.74) is 2.85. The molecule has 1 heterocycles. The van der Waals surface area contributed by atoms with E-state index in [9.17, 15) is 10.1 Å². The molecule has 1 unspecified atom stereocenters. The Labute approximate surface area is 183 Å². The van der Waals surface area contributed by atoms with Crippen molar-refractivity contribution in [1.29, 1.82) is 5.26 Å². The summed E-state index contributed by atoms with van der Waals surface area (Å²) in [6, 6.07) is 16.8. The van der Waals surface area contributed by atoms with E-state index in [1.54, 1.807) is 14.2 Å². The maximum Gasteiger partial charge on any atom is 0.276 e. The van der Waals surface area contributed by atoms with Crippen LogP contribution in [0.1, 0.15) is 48.4 Å². The predicted octanol–water partition coefficient (Wildman–Crippen LogP) is 2.19. The molecule has 31 heavy (non-hydrogen) atoms. The van der Waals surface area contributed by atoms with Crippen LogP contribution < -0.4 is 19.7 Å². The van der Waals surface area contributed by atoms with Crippen LogP contribution in [0.2, 0.25) is 0 Å². The molecule has 4 rings (SSSR count). The summed E-state index contributed by atoms with van der Waals surface area (Å²) < 4.78 is 11.1. The summed E-state index contributed by atoms with van der Waals surface area (Å²) in [7, 11) is 3.29. The number of amides is 1. The molecule has 0 aromatic heterocycles. The normalized spacial score (nSPS) is 21.6. The van der Waals surface area contributed by atoms with E-state index < -0.39 is 5.54 Å². The molecule has 1 saturated carbocycles. The Bertz CT molecular complexity index is 977. The van der Waals surface area contributed by atoms with Gasteiger partial charge >= 0.3 is 0 Å². The number of rotatable bonds is 6. The largest absolute Gasteiger partial charge is 0.493 e. The Hall–Kier alpha value is -3.04. The number of carbonyl (C=O) groups is 1. The van der Waals surface area contributed by atoms with Gasteiger partial charge in [-0.2, -0.15) is 5.26 Å². The van der Waals surface area contributed by atoms with Gasteiger partial charge in [0.2, 0.25) is 0 Å². The zero-order chi connectivity index (χ0) is 21.8. The second-order valence-electron chi connectivity index (χ2n) is 8.53. The lowest BCUT2D eigenvalue weighted by Gasteiger charge is -2.35. The van der Waals surface area contributed by atoms with E-state index in [1.807, 2.05) is 18.2 Å². The highest BCUT2D eigenvalue weighted by atomic mass is 16.5. The summed E-state index contributed by atoms with van der Waals surface area (Å²) in [6.07, 6.45) is 4.32. The van der Waals surface area contributed by atoms with Crippen molar-refractivity contribution in [2.24, 2.45) is 0 Å². The van der Waals surface area contributed by atoms with Crippen molar-refractivity contribution in [1.82, 2.24) is 5.32 Å². The van der Waals surface area contributed by atoms with Crippen molar-refractivity contribution < 1.29 is 19.2 Å². The van der Waals surface area contributed by atoms with Gasteiger partial charge in [-0.05, 0) is 43.4 Å². The number of nitrogens with zero attached hydrogens (tertiary/aromatic N) is 1. The molecule has 2 aliphatic rings. The van der Waals surface area contributed by atoms with E-state index in [1.165, 1.54) is 10.5 Å². The Morgan fingerprint density at radius 1 is 1.16 bits per heavy atom. The number of fused-ring (bicyclic) bond motifs is 1. The van der Waals surface area contributed by atoms with E-state index in [0.717, 1.165) is 55.5 Å². The molecule has 6 heteroatoms. The third kappa shape index (κ3) is 4.24. The molecule has 1 aliphatic carbocycles. The quantitative estimate of drug-likeness (QED) is 0.751. The molecule has 0 bridgehead atoms. The molecule has 0 radical (unpaired) electrons. The highest BCUT2D eigenvalue weighted by Gasteiger charge is 2.39. The number of hydrogen-bond donors (Lipinski definition) is 2. The van der Waals surface area contributed by atoms with E-state index in [4.69, 9.17) is 9.47 Å². The minimum absolute atomic E-state index is 0.0112. The van der Waals surface area contributed by atoms with Gasteiger partial charge in [0.1, 0.15) is 11.6 Å². The smallest absolute Gasteiger partial charge is 0.276 e. The first-order valence-corrected chi connectivity index (χ1v) is 11.0. The van der Waals surface area contributed by atoms with Gasteiger partial charge in [-0.1, -0.05) is 30.3 Å². The second-order valence-corrected chi connectivity index (χ2v) is 8.53. The van der Waals surface area contributed by atoms with Crippen molar-refractivity contribution in [2.45, 2.75) is 43.7 Å². The van der Waals surface area contributed by atoms with Gasteiger partial charge in [0.15, 0.2) is 18.0 Å². The van der Waals surface area contributed by atoms with Crippen LogP contribution in [0.25, 0.3) is 0 Å². The summed E-state index contributed by atoms with van der Waals surface area (Å²) >= 11 is 0. The van der Waals surface area contributed by atoms with Crippen molar-refractivity contribution >= 4 is 5.91 Å². The summed E-state index contributed by atoms with van der Waals surface area (Å²) in [6.45, 7) is 1.16. The minimum Gasteiger partial charge on any atom is -0.493 e. The minimum atomic E-state index is -0.691. The Morgan fingerprint density at radius 3 is 2.48 bits per heavy atom. The van der Waals surface area contributed by atoms with Gasteiger partial charge in [-0.3, -0.25) is 4.79 Å². The predicted molar refractivity (Wildman–Crippen MR) is 117 cm³/mol. The molecule has 1 amide bonds. The summed E-state index contributed by atoms with van der Waals surface area (Å²) in [4.78, 5) is 14.2. The first-order chi connectivity index (χ1) is 15.1. The van der Waals surface area contributed by atoms with Crippen LogP contribution in [-0.4, -0.2) is 38.8 Å². The first-order valence-electron chi connectivity index (χ1n) is 11.0. The first kappa shape index (κ1) is 21.2. The van der Waals surface area contributed by atoms with Gasteiger partial charge in [0.25, 0.3) is 5.91 Å². The fourth-order valence-corrected chi connectivity index (χ4v) is 5.09. The van der Waals surface area contributed by atoms with Gasteiger partial charge < -0.3 is 19.7 Å². The maximum absolute atomic E-state index is 13.0. The highest BCUT2D eigenvalue weighted by molar-refractivity contribution is 5.78. The lowest BCUT2D eigenvalue weighted by molar-refractivity contribution is -0.920. The Kier molecular flexibility index (Phi) is 6.15. The van der Waals surface area contributed by atoms with Gasteiger partial charge in [-0.25, -0.2) is 0 Å². The third-order valence-corrected chi connectivity index (χ3v) is 6.65. The SMILES string of the molecule is COc1cc2c(cc1OC)[C@H](c1ccccc1)[NH+](CC(=O)NC1(C#N)CCCC1)CC2. The highest BCUT2D eigenvalue weighted by Crippen LogP contribution is 2.36. The van der Waals surface area contributed by atoms with Gasteiger partial charge in [-0.15, -0.1) is 0 Å². The van der Waals surface area contributed by atoms with Crippen molar-refractivity contribution in [3.8, 4) is 17.6 Å². The lowest BCUT2D eigenvalue weighted by Crippen LogP contribution is -3.14. The molecule has 162 valence electrons. The Balaban J connectivity index is 1.65. The standard InChI is InChI=1S/C25H29N3O3/c1-30-21-14-19-10-13-28(16-23(29)27-25(17-26)11-6-7-12-25)24(18-8-4-3-5-9-18)20(19)15-22(21)31-2/h3-5,8-9,14-15,24H,6-7,10-13,16H2,1-2H3,(H,27,29)/p+1/t24-/m0/s1. The third-order valence-electron chi connectivity index (χ3n) is 6.65. The molecule has 0 spiro atoms. The number of benzene rings is 2. The van der Waals surface area contributed by atoms with Crippen LogP contribution >= 0.6 is 0 Å². The molecule has 1 aliphatic heterocycles. The van der Waals surface area contributed by atoms with E-state index >= 15 is 0 Å². The Morgan fingerprint density at radius 2 is 1.84 bits per heavy atom. The molecule has 2 atom stereocenters. The van der Waals surface area contributed by atoms with Crippen LogP contribution in [0, 0.1) is 11.3 Å². The summed E-state index contributed by atoms with van der Waals surface area (Å²) in [5.74, 6) is 1.37. The van der Waals surface area contributed by atoms with Crippen LogP contribution in [0.15, 0.2) is 42.5 Å². The number of hydrogen-bond acceptors (Lipinski definition) is 4. The number of quaternary nitrogens is 1. The fourth-order valence-electron chi connectivity index (χ4n) is 5.09. The second kappa shape index (κ2) is 8.99. The average molecular weight is 421 g/mol. The molecule has 2 aromatic carbocycles. The molecule has 2 aromatic rings. The maximum atomic E-state index is 13.0. The topological polar surface area (TPSA) is 75.8 Å². The molecule has 1 fully saturated rings. The van der Waals surface area contributed by atoms with Crippen molar-refractivity contribution in [3.05, 3.63) is 59.2 Å².